The lowest BCUT2D eigenvalue weighted by Gasteiger charge is -2.20. The van der Waals surface area contributed by atoms with Crippen molar-refractivity contribution in [3.63, 3.8) is 0 Å². The Bertz CT molecular complexity index is 572. The predicted octanol–water partition coefficient (Wildman–Crippen LogP) is 4.27. The molecule has 100 valence electrons. The molecule has 0 spiro atoms. The molecule has 0 aliphatic heterocycles. The van der Waals surface area contributed by atoms with Gasteiger partial charge < -0.3 is 5.32 Å². The van der Waals surface area contributed by atoms with Crippen LogP contribution in [0.4, 0.5) is 8.78 Å². The van der Waals surface area contributed by atoms with Crippen LogP contribution in [0.3, 0.4) is 0 Å². The van der Waals surface area contributed by atoms with E-state index in [4.69, 9.17) is 0 Å². The van der Waals surface area contributed by atoms with Crippen molar-refractivity contribution in [2.24, 2.45) is 0 Å². The molecule has 1 unspecified atom stereocenters. The van der Waals surface area contributed by atoms with Crippen LogP contribution in [0.5, 0.6) is 0 Å². The molecule has 1 nitrogen and oxygen atoms in total. The van der Waals surface area contributed by atoms with E-state index in [1.165, 1.54) is 12.1 Å². The Kier molecular flexibility index (Phi) is 4.87. The molecule has 2 aromatic carbocycles. The number of nitrogens with one attached hydrogen (secondary N) is 1. The molecule has 0 fully saturated rings. The molecule has 0 amide bonds. The van der Waals surface area contributed by atoms with E-state index in [-0.39, 0.29) is 6.04 Å². The Morgan fingerprint density at radius 2 is 1.95 bits per heavy atom. The van der Waals surface area contributed by atoms with Gasteiger partial charge in [-0.2, -0.15) is 0 Å². The second kappa shape index (κ2) is 6.43. The Balaban J connectivity index is 2.48. The Morgan fingerprint density at radius 1 is 1.16 bits per heavy atom. The fraction of sp³-hybridized carbons (Fsp3) is 0.200. The van der Waals surface area contributed by atoms with Crippen LogP contribution in [0.2, 0.25) is 0 Å². The van der Waals surface area contributed by atoms with E-state index in [9.17, 15) is 8.78 Å². The zero-order valence-corrected chi connectivity index (χ0v) is 12.6. The minimum atomic E-state index is -0.426. The van der Waals surface area contributed by atoms with Crippen molar-refractivity contribution in [3.8, 4) is 0 Å². The van der Waals surface area contributed by atoms with Crippen LogP contribution in [-0.2, 0) is 0 Å². The minimum absolute atomic E-state index is 0.337. The first kappa shape index (κ1) is 14.4. The van der Waals surface area contributed by atoms with Gasteiger partial charge in [0, 0.05) is 9.13 Å². The van der Waals surface area contributed by atoms with Gasteiger partial charge in [0.2, 0.25) is 0 Å². The molecule has 0 aliphatic rings. The molecule has 19 heavy (non-hydrogen) atoms. The van der Waals surface area contributed by atoms with Crippen LogP contribution < -0.4 is 5.32 Å². The van der Waals surface area contributed by atoms with Gasteiger partial charge in [0.15, 0.2) is 0 Å². The highest BCUT2D eigenvalue weighted by molar-refractivity contribution is 14.1. The van der Waals surface area contributed by atoms with E-state index in [2.05, 4.69) is 27.9 Å². The van der Waals surface area contributed by atoms with Crippen molar-refractivity contribution >= 4 is 22.6 Å². The fourth-order valence-electron chi connectivity index (χ4n) is 2.03. The molecule has 1 N–H and O–H groups in total. The van der Waals surface area contributed by atoms with E-state index in [0.717, 1.165) is 15.2 Å². The van der Waals surface area contributed by atoms with Gasteiger partial charge in [-0.3, -0.25) is 0 Å². The number of benzene rings is 2. The molecular weight excluding hydrogens is 359 g/mol. The van der Waals surface area contributed by atoms with E-state index in [1.54, 1.807) is 0 Å². The average Bonchev–Trinajstić information content (AvgIpc) is 2.39. The van der Waals surface area contributed by atoms with Gasteiger partial charge in [0.05, 0.1) is 6.04 Å². The van der Waals surface area contributed by atoms with E-state index in [0.29, 0.717) is 12.1 Å². The number of rotatable bonds is 4. The normalized spacial score (nSPS) is 12.4. The van der Waals surface area contributed by atoms with Crippen LogP contribution in [-0.4, -0.2) is 6.54 Å². The topological polar surface area (TPSA) is 12.0 Å². The molecule has 4 heteroatoms. The van der Waals surface area contributed by atoms with Gasteiger partial charge in [-0.15, -0.1) is 0 Å². The van der Waals surface area contributed by atoms with Gasteiger partial charge >= 0.3 is 0 Å². The summed E-state index contributed by atoms with van der Waals surface area (Å²) < 4.78 is 28.3. The first-order chi connectivity index (χ1) is 9.11. The summed E-state index contributed by atoms with van der Waals surface area (Å²) in [5.74, 6) is -0.823. The quantitative estimate of drug-likeness (QED) is 0.790. The smallest absolute Gasteiger partial charge is 0.128 e. The van der Waals surface area contributed by atoms with Crippen molar-refractivity contribution in [1.29, 1.82) is 0 Å². The SMILES string of the molecule is CCNC(c1cccc(I)c1)c1cc(F)ccc1F. The Hall–Kier alpha value is -1.01. The van der Waals surface area contributed by atoms with Gasteiger partial charge in [0.1, 0.15) is 11.6 Å². The van der Waals surface area contributed by atoms with Crippen LogP contribution in [0, 0.1) is 15.2 Å². The lowest BCUT2D eigenvalue weighted by atomic mass is 9.98. The van der Waals surface area contributed by atoms with Crippen LogP contribution in [0.25, 0.3) is 0 Å². The summed E-state index contributed by atoms with van der Waals surface area (Å²) in [6.07, 6.45) is 0. The van der Waals surface area contributed by atoms with Crippen LogP contribution in [0.1, 0.15) is 24.1 Å². The second-order valence-corrected chi connectivity index (χ2v) is 5.46. The number of hydrogen-bond donors (Lipinski definition) is 1. The molecule has 2 rings (SSSR count). The summed E-state index contributed by atoms with van der Waals surface area (Å²) in [5.41, 5.74) is 1.27. The van der Waals surface area contributed by atoms with Crippen molar-refractivity contribution in [3.05, 3.63) is 68.8 Å². The number of halogens is 3. The molecule has 0 radical (unpaired) electrons. The molecule has 0 heterocycles. The van der Waals surface area contributed by atoms with Gasteiger partial charge in [-0.1, -0.05) is 19.1 Å². The molecule has 0 aliphatic carbocycles. The molecule has 0 aromatic heterocycles. The highest BCUT2D eigenvalue weighted by atomic mass is 127. The standard InChI is InChI=1S/C15H14F2IN/c1-2-19-15(10-4-3-5-12(18)8-10)13-9-11(16)6-7-14(13)17/h3-9,15,19H,2H2,1H3. The highest BCUT2D eigenvalue weighted by Gasteiger charge is 2.17. The maximum absolute atomic E-state index is 13.9. The largest absolute Gasteiger partial charge is 0.306 e. The maximum Gasteiger partial charge on any atom is 0.128 e. The zero-order chi connectivity index (χ0) is 13.8. The lowest BCUT2D eigenvalue weighted by Crippen LogP contribution is -2.23. The third-order valence-corrected chi connectivity index (χ3v) is 3.53. The van der Waals surface area contributed by atoms with E-state index < -0.39 is 11.6 Å². The molecule has 0 saturated carbocycles. The van der Waals surface area contributed by atoms with Gasteiger partial charge in [-0.05, 0) is 65.0 Å². The van der Waals surface area contributed by atoms with Crippen molar-refractivity contribution in [2.75, 3.05) is 6.54 Å². The first-order valence-corrected chi connectivity index (χ1v) is 7.13. The summed E-state index contributed by atoms with van der Waals surface area (Å²) in [6.45, 7) is 2.62. The maximum atomic E-state index is 13.9. The molecular formula is C15H14F2IN. The Labute approximate surface area is 125 Å². The Morgan fingerprint density at radius 3 is 2.63 bits per heavy atom. The molecule has 1 atom stereocenters. The zero-order valence-electron chi connectivity index (χ0n) is 10.5. The van der Waals surface area contributed by atoms with Gasteiger partial charge in [-0.25, -0.2) is 8.78 Å². The molecule has 0 bridgehead atoms. The van der Waals surface area contributed by atoms with Crippen molar-refractivity contribution in [1.82, 2.24) is 5.32 Å². The second-order valence-electron chi connectivity index (χ2n) is 4.21. The van der Waals surface area contributed by atoms with Crippen LogP contribution in [0.15, 0.2) is 42.5 Å². The van der Waals surface area contributed by atoms with Crippen molar-refractivity contribution in [2.45, 2.75) is 13.0 Å². The monoisotopic (exact) mass is 373 g/mol. The van der Waals surface area contributed by atoms with E-state index in [1.807, 2.05) is 31.2 Å². The average molecular weight is 373 g/mol. The van der Waals surface area contributed by atoms with Gasteiger partial charge in [0.25, 0.3) is 0 Å². The van der Waals surface area contributed by atoms with E-state index >= 15 is 0 Å². The summed E-state index contributed by atoms with van der Waals surface area (Å²) in [6, 6.07) is 11.0. The summed E-state index contributed by atoms with van der Waals surface area (Å²) in [7, 11) is 0. The summed E-state index contributed by atoms with van der Waals surface area (Å²) in [4.78, 5) is 0. The lowest BCUT2D eigenvalue weighted by molar-refractivity contribution is 0.544. The predicted molar refractivity (Wildman–Crippen MR) is 81.0 cm³/mol. The molecule has 2 aromatic rings. The van der Waals surface area contributed by atoms with Crippen LogP contribution >= 0.6 is 22.6 Å². The highest BCUT2D eigenvalue weighted by Crippen LogP contribution is 2.26. The first-order valence-electron chi connectivity index (χ1n) is 6.05. The number of hydrogen-bond acceptors (Lipinski definition) is 1. The minimum Gasteiger partial charge on any atom is -0.306 e. The summed E-state index contributed by atoms with van der Waals surface area (Å²) >= 11 is 2.21. The third-order valence-electron chi connectivity index (χ3n) is 2.86. The fourth-order valence-corrected chi connectivity index (χ4v) is 2.60. The molecule has 0 saturated heterocycles. The summed E-state index contributed by atoms with van der Waals surface area (Å²) in [5, 5.41) is 3.20. The third kappa shape index (κ3) is 3.51. The van der Waals surface area contributed by atoms with Crippen molar-refractivity contribution < 1.29 is 8.78 Å².